The number of carbonyl (C=O) groups excluding carboxylic acids is 3. The van der Waals surface area contributed by atoms with Gasteiger partial charge in [-0.1, -0.05) is 6.07 Å². The molecule has 2 aromatic rings. The predicted octanol–water partition coefficient (Wildman–Crippen LogP) is 2.07. The van der Waals surface area contributed by atoms with Gasteiger partial charge in [0.15, 0.2) is 0 Å². The molecule has 1 aliphatic heterocycles. The number of anilines is 1. The molecule has 0 radical (unpaired) electrons. The van der Waals surface area contributed by atoms with Crippen LogP contribution in [0, 0.1) is 0 Å². The molecule has 1 aliphatic rings. The molecule has 0 atom stereocenters. The summed E-state index contributed by atoms with van der Waals surface area (Å²) in [4.78, 5) is 39.3. The van der Waals surface area contributed by atoms with Crippen molar-refractivity contribution in [1.29, 1.82) is 0 Å². The molecule has 0 fully saturated rings. The lowest BCUT2D eigenvalue weighted by molar-refractivity contribution is -0.140. The van der Waals surface area contributed by atoms with Crippen LogP contribution in [0.15, 0.2) is 53.0 Å². The van der Waals surface area contributed by atoms with Crippen molar-refractivity contribution in [3.05, 3.63) is 63.5 Å². The van der Waals surface area contributed by atoms with E-state index in [0.717, 1.165) is 4.88 Å². The minimum Gasteiger partial charge on any atom is -0.466 e. The number of nitrogens with zero attached hydrogens (tertiary/aromatic N) is 1. The van der Waals surface area contributed by atoms with E-state index in [1.54, 1.807) is 35.6 Å². The number of amides is 1. The first kappa shape index (κ1) is 20.6. The third-order valence-corrected chi connectivity index (χ3v) is 5.15. The van der Waals surface area contributed by atoms with E-state index in [0.29, 0.717) is 17.8 Å². The topological polar surface area (TPSA) is 94.2 Å². The van der Waals surface area contributed by atoms with E-state index in [2.05, 4.69) is 5.32 Å². The van der Waals surface area contributed by atoms with Gasteiger partial charge in [-0.25, -0.2) is 9.59 Å². The van der Waals surface area contributed by atoms with Gasteiger partial charge in [0.05, 0.1) is 32.9 Å². The van der Waals surface area contributed by atoms with Crippen molar-refractivity contribution in [3.8, 4) is 0 Å². The Hall–Kier alpha value is -3.17. The number of carbonyl (C=O) groups is 3. The molecule has 0 bridgehead atoms. The van der Waals surface area contributed by atoms with Crippen molar-refractivity contribution in [2.75, 3.05) is 32.5 Å². The molecule has 3 rings (SSSR count). The van der Waals surface area contributed by atoms with Gasteiger partial charge in [0.25, 0.3) is 5.91 Å². The minimum absolute atomic E-state index is 0.0504. The lowest BCUT2D eigenvalue weighted by Crippen LogP contribution is -2.38. The van der Waals surface area contributed by atoms with E-state index in [1.165, 1.54) is 19.1 Å². The third kappa shape index (κ3) is 4.64. The molecule has 0 spiro atoms. The normalized spacial score (nSPS) is 13.8. The van der Waals surface area contributed by atoms with E-state index < -0.39 is 11.9 Å². The summed E-state index contributed by atoms with van der Waals surface area (Å²) in [6, 6.07) is 10.5. The first-order chi connectivity index (χ1) is 14.0. The molecule has 8 nitrogen and oxygen atoms in total. The van der Waals surface area contributed by atoms with Crippen LogP contribution >= 0.6 is 11.3 Å². The zero-order valence-corrected chi connectivity index (χ0v) is 16.8. The number of methoxy groups -OCH3 is 2. The second-order valence-electron chi connectivity index (χ2n) is 6.02. The van der Waals surface area contributed by atoms with E-state index in [9.17, 15) is 14.4 Å². The summed E-state index contributed by atoms with van der Waals surface area (Å²) in [5, 5.41) is 4.81. The van der Waals surface area contributed by atoms with Crippen molar-refractivity contribution in [2.45, 2.75) is 6.54 Å². The van der Waals surface area contributed by atoms with E-state index in [-0.39, 0.29) is 30.5 Å². The fourth-order valence-electron chi connectivity index (χ4n) is 2.82. The van der Waals surface area contributed by atoms with Gasteiger partial charge in [-0.15, -0.1) is 11.3 Å². The summed E-state index contributed by atoms with van der Waals surface area (Å²) >= 11 is 1.57. The van der Waals surface area contributed by atoms with Crippen LogP contribution in [0.25, 0.3) is 0 Å². The maximum atomic E-state index is 12.3. The van der Waals surface area contributed by atoms with Gasteiger partial charge in [-0.2, -0.15) is 0 Å². The maximum Gasteiger partial charge on any atom is 0.355 e. The number of thiophene rings is 1. The van der Waals surface area contributed by atoms with Crippen molar-refractivity contribution in [3.63, 3.8) is 0 Å². The van der Waals surface area contributed by atoms with Crippen LogP contribution in [0.4, 0.5) is 5.69 Å². The molecule has 29 heavy (non-hydrogen) atoms. The van der Waals surface area contributed by atoms with E-state index >= 15 is 0 Å². The summed E-state index contributed by atoms with van der Waals surface area (Å²) in [5.74, 6) is -1.55. The highest BCUT2D eigenvalue weighted by Gasteiger charge is 2.32. The highest BCUT2D eigenvalue weighted by molar-refractivity contribution is 7.09. The fourth-order valence-corrected chi connectivity index (χ4v) is 3.47. The Labute approximate surface area is 171 Å². The molecule has 2 heterocycles. The average Bonchev–Trinajstić information content (AvgIpc) is 3.29. The summed E-state index contributed by atoms with van der Waals surface area (Å²) in [5.41, 5.74) is 1.17. The molecule has 0 saturated heterocycles. The van der Waals surface area contributed by atoms with Gasteiger partial charge in [-0.05, 0) is 35.7 Å². The van der Waals surface area contributed by atoms with Gasteiger partial charge in [-0.3, -0.25) is 4.79 Å². The van der Waals surface area contributed by atoms with Gasteiger partial charge < -0.3 is 24.4 Å². The van der Waals surface area contributed by atoms with Gasteiger partial charge in [0.2, 0.25) is 0 Å². The second kappa shape index (κ2) is 9.35. The van der Waals surface area contributed by atoms with Crippen molar-refractivity contribution >= 4 is 34.9 Å². The Kier molecular flexibility index (Phi) is 6.63. The zero-order chi connectivity index (χ0) is 20.8. The number of benzene rings is 1. The van der Waals surface area contributed by atoms with Crippen LogP contribution in [-0.2, 0) is 30.3 Å². The predicted molar refractivity (Wildman–Crippen MR) is 106 cm³/mol. The molecule has 9 heteroatoms. The van der Waals surface area contributed by atoms with Gasteiger partial charge in [0, 0.05) is 16.1 Å². The van der Waals surface area contributed by atoms with Crippen LogP contribution in [0.3, 0.4) is 0 Å². The molecular formula is C20H20N2O6S. The van der Waals surface area contributed by atoms with E-state index in [4.69, 9.17) is 14.2 Å². The van der Waals surface area contributed by atoms with Crippen LogP contribution < -0.4 is 10.2 Å². The molecule has 0 saturated carbocycles. The number of nitrogens with one attached hydrogen (secondary N) is 1. The smallest absolute Gasteiger partial charge is 0.355 e. The Morgan fingerprint density at radius 2 is 1.83 bits per heavy atom. The monoisotopic (exact) mass is 416 g/mol. The summed E-state index contributed by atoms with van der Waals surface area (Å²) in [6.07, 6.45) is 0. The van der Waals surface area contributed by atoms with Crippen LogP contribution in [0.5, 0.6) is 0 Å². The maximum absolute atomic E-state index is 12.3. The number of ether oxygens (including phenoxy) is 3. The van der Waals surface area contributed by atoms with Crippen molar-refractivity contribution < 1.29 is 28.6 Å². The average molecular weight is 416 g/mol. The van der Waals surface area contributed by atoms with Gasteiger partial charge in [0.1, 0.15) is 12.4 Å². The zero-order valence-electron chi connectivity index (χ0n) is 16.0. The number of esters is 2. The third-order valence-electron chi connectivity index (χ3n) is 4.28. The molecule has 1 aromatic heterocycles. The molecule has 152 valence electrons. The second-order valence-corrected chi connectivity index (χ2v) is 7.06. The Morgan fingerprint density at radius 3 is 2.45 bits per heavy atom. The summed E-state index contributed by atoms with van der Waals surface area (Å²) in [6.45, 7) is 0.446. The van der Waals surface area contributed by atoms with Crippen LogP contribution in [0.1, 0.15) is 15.2 Å². The highest BCUT2D eigenvalue weighted by atomic mass is 32.1. The Bertz CT molecular complexity index is 921. The Balaban J connectivity index is 1.80. The number of hydrogen-bond acceptors (Lipinski definition) is 8. The molecule has 0 unspecified atom stereocenters. The SMILES string of the molecule is COC(=O)C1=C(C(=O)OC)N(c2ccc(C(=O)NCc3cccs3)cc2)COC1. The van der Waals surface area contributed by atoms with Gasteiger partial charge >= 0.3 is 11.9 Å². The van der Waals surface area contributed by atoms with Crippen LogP contribution in [-0.4, -0.2) is 45.4 Å². The Morgan fingerprint density at radius 1 is 1.10 bits per heavy atom. The molecule has 0 aliphatic carbocycles. The molecule has 1 aromatic carbocycles. The first-order valence-corrected chi connectivity index (χ1v) is 9.58. The highest BCUT2D eigenvalue weighted by Crippen LogP contribution is 2.27. The summed E-state index contributed by atoms with van der Waals surface area (Å²) in [7, 11) is 2.46. The fraction of sp³-hybridized carbons (Fsp3) is 0.250. The van der Waals surface area contributed by atoms with Crippen molar-refractivity contribution in [2.24, 2.45) is 0 Å². The first-order valence-electron chi connectivity index (χ1n) is 8.71. The van der Waals surface area contributed by atoms with Crippen LogP contribution in [0.2, 0.25) is 0 Å². The standard InChI is InChI=1S/C20H20N2O6S/c1-26-19(24)16-11-28-12-22(17(16)20(25)27-2)14-7-5-13(6-8-14)18(23)21-10-15-4-3-9-29-15/h3-9H,10-12H2,1-2H3,(H,21,23). The largest absolute Gasteiger partial charge is 0.466 e. The quantitative estimate of drug-likeness (QED) is 0.721. The molecule has 1 N–H and O–H groups in total. The lowest BCUT2D eigenvalue weighted by Gasteiger charge is -2.31. The van der Waals surface area contributed by atoms with E-state index in [1.807, 2.05) is 17.5 Å². The lowest BCUT2D eigenvalue weighted by atomic mass is 10.1. The van der Waals surface area contributed by atoms with Crippen molar-refractivity contribution in [1.82, 2.24) is 5.32 Å². The number of hydrogen-bond donors (Lipinski definition) is 1. The molecular weight excluding hydrogens is 396 g/mol. The molecule has 1 amide bonds. The minimum atomic E-state index is -0.675. The summed E-state index contributed by atoms with van der Waals surface area (Å²) < 4.78 is 15.0. The number of rotatable bonds is 6.